The van der Waals surface area contributed by atoms with E-state index in [1.807, 2.05) is 0 Å². The Morgan fingerprint density at radius 2 is 1.88 bits per heavy atom. The smallest absolute Gasteiger partial charge is 0.160 e. The number of hydrogen-bond acceptors (Lipinski definition) is 1. The van der Waals surface area contributed by atoms with E-state index < -0.39 is 11.6 Å². The second-order valence-corrected chi connectivity index (χ2v) is 4.53. The molecular weight excluding hydrogens is 244 g/mol. The Hall–Kier alpha value is -0.670. The van der Waals surface area contributed by atoms with E-state index in [2.05, 4.69) is 12.2 Å². The van der Waals surface area contributed by atoms with E-state index in [0.717, 1.165) is 31.7 Å². The second-order valence-electron chi connectivity index (χ2n) is 4.12. The largest absolute Gasteiger partial charge is 0.313 e. The van der Waals surface area contributed by atoms with Crippen molar-refractivity contribution in [3.05, 3.63) is 34.4 Å². The summed E-state index contributed by atoms with van der Waals surface area (Å²) in [6.07, 6.45) is 4.16. The van der Waals surface area contributed by atoms with Crippen LogP contribution < -0.4 is 5.32 Å². The molecule has 1 aromatic rings. The zero-order chi connectivity index (χ0) is 12.8. The highest BCUT2D eigenvalue weighted by Crippen LogP contribution is 2.28. The summed E-state index contributed by atoms with van der Waals surface area (Å²) >= 11 is 5.94. The topological polar surface area (TPSA) is 12.0 Å². The van der Waals surface area contributed by atoms with Gasteiger partial charge in [0.1, 0.15) is 0 Å². The number of unbranched alkanes of at least 4 members (excludes halogenated alkanes) is 2. The van der Waals surface area contributed by atoms with Crippen molar-refractivity contribution in [2.45, 2.75) is 38.6 Å². The van der Waals surface area contributed by atoms with Crippen LogP contribution in [0.3, 0.4) is 0 Å². The van der Waals surface area contributed by atoms with Crippen LogP contribution in [0.2, 0.25) is 5.02 Å². The third-order valence-electron chi connectivity index (χ3n) is 2.86. The molecule has 0 aliphatic carbocycles. The van der Waals surface area contributed by atoms with Gasteiger partial charge in [0.15, 0.2) is 11.6 Å². The molecule has 1 aromatic carbocycles. The average molecular weight is 262 g/mol. The molecule has 0 heterocycles. The molecule has 1 unspecified atom stereocenters. The monoisotopic (exact) mass is 261 g/mol. The van der Waals surface area contributed by atoms with Crippen LogP contribution in [0.15, 0.2) is 12.1 Å². The Kier molecular flexibility index (Phi) is 5.86. The quantitative estimate of drug-likeness (QED) is 0.589. The predicted molar refractivity (Wildman–Crippen MR) is 67.3 cm³/mol. The lowest BCUT2D eigenvalue weighted by atomic mass is 10.0. The van der Waals surface area contributed by atoms with Crippen molar-refractivity contribution in [3.8, 4) is 0 Å². The second kappa shape index (κ2) is 6.92. The maximum atomic E-state index is 13.2. The number of rotatable bonds is 6. The fraction of sp³-hybridized carbons (Fsp3) is 0.538. The average Bonchev–Trinajstić information content (AvgIpc) is 2.30. The minimum absolute atomic E-state index is 0.0239. The van der Waals surface area contributed by atoms with E-state index >= 15 is 0 Å². The van der Waals surface area contributed by atoms with Gasteiger partial charge in [-0.1, -0.05) is 37.8 Å². The highest BCUT2D eigenvalue weighted by atomic mass is 35.5. The number of hydrogen-bond donors (Lipinski definition) is 1. The highest BCUT2D eigenvalue weighted by molar-refractivity contribution is 6.31. The van der Waals surface area contributed by atoms with Crippen LogP contribution in [-0.2, 0) is 0 Å². The van der Waals surface area contributed by atoms with Crippen LogP contribution in [0.5, 0.6) is 0 Å². The standard InChI is InChI=1S/C13H18ClF2N/c1-3-4-5-6-13(17-2)9-7-11(15)12(16)8-10(9)14/h7-8,13,17H,3-6H2,1-2H3. The first-order chi connectivity index (χ1) is 8.10. The molecule has 1 rings (SSSR count). The molecule has 0 aliphatic rings. The van der Waals surface area contributed by atoms with Crippen molar-refractivity contribution in [2.24, 2.45) is 0 Å². The lowest BCUT2D eigenvalue weighted by molar-refractivity contribution is 0.488. The lowest BCUT2D eigenvalue weighted by Crippen LogP contribution is -2.17. The van der Waals surface area contributed by atoms with Crippen LogP contribution in [0.25, 0.3) is 0 Å². The van der Waals surface area contributed by atoms with Crippen molar-refractivity contribution < 1.29 is 8.78 Å². The van der Waals surface area contributed by atoms with E-state index in [4.69, 9.17) is 11.6 Å². The summed E-state index contributed by atoms with van der Waals surface area (Å²) in [5.74, 6) is -1.75. The van der Waals surface area contributed by atoms with Crippen molar-refractivity contribution in [1.82, 2.24) is 5.32 Å². The first-order valence-corrected chi connectivity index (χ1v) is 6.29. The Balaban J connectivity index is 2.84. The molecule has 1 N–H and O–H groups in total. The Labute approximate surface area is 106 Å². The van der Waals surface area contributed by atoms with Gasteiger partial charge in [-0.25, -0.2) is 8.78 Å². The molecule has 4 heteroatoms. The minimum Gasteiger partial charge on any atom is -0.313 e. The first kappa shape index (κ1) is 14.4. The third kappa shape index (κ3) is 3.93. The van der Waals surface area contributed by atoms with Crippen molar-refractivity contribution in [3.63, 3.8) is 0 Å². The van der Waals surface area contributed by atoms with Crippen molar-refractivity contribution in [1.29, 1.82) is 0 Å². The molecule has 0 aliphatic heterocycles. The van der Waals surface area contributed by atoms with Crippen LogP contribution >= 0.6 is 11.6 Å². The summed E-state index contributed by atoms with van der Waals surface area (Å²) in [5.41, 5.74) is 0.629. The molecule has 0 bridgehead atoms. The van der Waals surface area contributed by atoms with Crippen molar-refractivity contribution >= 4 is 11.6 Å². The number of nitrogens with one attached hydrogen (secondary N) is 1. The van der Waals surface area contributed by atoms with Crippen LogP contribution in [0, 0.1) is 11.6 Å². The molecule has 1 atom stereocenters. The molecule has 0 aromatic heterocycles. The van der Waals surface area contributed by atoms with Crippen LogP contribution in [0.1, 0.15) is 44.2 Å². The summed E-state index contributed by atoms with van der Waals surface area (Å²) < 4.78 is 26.1. The summed E-state index contributed by atoms with van der Waals surface area (Å²) in [7, 11) is 1.80. The molecule has 17 heavy (non-hydrogen) atoms. The normalized spacial score (nSPS) is 12.8. The summed E-state index contributed by atoms with van der Waals surface area (Å²) in [6, 6.07) is 2.20. The molecular formula is C13H18ClF2N. The van der Waals surface area contributed by atoms with E-state index in [-0.39, 0.29) is 11.1 Å². The SMILES string of the molecule is CCCCCC(NC)c1cc(F)c(F)cc1Cl. The fourth-order valence-electron chi connectivity index (χ4n) is 1.86. The molecule has 0 spiro atoms. The van der Waals surface area contributed by atoms with Gasteiger partial charge in [-0.3, -0.25) is 0 Å². The summed E-state index contributed by atoms with van der Waals surface area (Å²) in [6.45, 7) is 2.12. The molecule has 96 valence electrons. The van der Waals surface area contributed by atoms with Gasteiger partial charge in [-0.15, -0.1) is 0 Å². The first-order valence-electron chi connectivity index (χ1n) is 5.91. The van der Waals surface area contributed by atoms with E-state index in [1.165, 1.54) is 6.07 Å². The molecule has 0 saturated carbocycles. The predicted octanol–water partition coefficient (Wildman–Crippen LogP) is 4.46. The van der Waals surface area contributed by atoms with Gasteiger partial charge in [0, 0.05) is 11.1 Å². The van der Waals surface area contributed by atoms with Crippen LogP contribution in [0.4, 0.5) is 8.78 Å². The van der Waals surface area contributed by atoms with Gasteiger partial charge in [0.05, 0.1) is 0 Å². The minimum atomic E-state index is -0.901. The Bertz CT molecular complexity index is 369. The van der Waals surface area contributed by atoms with Crippen molar-refractivity contribution in [2.75, 3.05) is 7.05 Å². The molecule has 0 amide bonds. The zero-order valence-electron chi connectivity index (χ0n) is 10.2. The Morgan fingerprint density at radius 3 is 2.47 bits per heavy atom. The number of halogens is 3. The summed E-state index contributed by atoms with van der Waals surface area (Å²) in [5, 5.41) is 3.37. The van der Waals surface area contributed by atoms with Gasteiger partial charge in [0.25, 0.3) is 0 Å². The fourth-order valence-corrected chi connectivity index (χ4v) is 2.14. The van der Waals surface area contributed by atoms with Gasteiger partial charge in [-0.05, 0) is 31.2 Å². The highest BCUT2D eigenvalue weighted by Gasteiger charge is 2.16. The summed E-state index contributed by atoms with van der Waals surface area (Å²) in [4.78, 5) is 0. The van der Waals surface area contributed by atoms with Gasteiger partial charge in [0.2, 0.25) is 0 Å². The van der Waals surface area contributed by atoms with Gasteiger partial charge < -0.3 is 5.32 Å². The number of benzene rings is 1. The Morgan fingerprint density at radius 1 is 1.24 bits per heavy atom. The van der Waals surface area contributed by atoms with E-state index in [0.29, 0.717) is 5.56 Å². The van der Waals surface area contributed by atoms with Crippen LogP contribution in [-0.4, -0.2) is 7.05 Å². The molecule has 0 fully saturated rings. The zero-order valence-corrected chi connectivity index (χ0v) is 11.0. The maximum absolute atomic E-state index is 13.2. The molecule has 0 radical (unpaired) electrons. The molecule has 1 nitrogen and oxygen atoms in total. The third-order valence-corrected chi connectivity index (χ3v) is 3.19. The van der Waals surface area contributed by atoms with Gasteiger partial charge in [-0.2, -0.15) is 0 Å². The van der Waals surface area contributed by atoms with E-state index in [1.54, 1.807) is 7.05 Å². The molecule has 0 saturated heterocycles. The van der Waals surface area contributed by atoms with Gasteiger partial charge >= 0.3 is 0 Å². The lowest BCUT2D eigenvalue weighted by Gasteiger charge is -2.18. The maximum Gasteiger partial charge on any atom is 0.160 e. The van der Waals surface area contributed by atoms with E-state index in [9.17, 15) is 8.78 Å².